The summed E-state index contributed by atoms with van der Waals surface area (Å²) in [5.41, 5.74) is 9.34. The molecule has 2 heterocycles. The average Bonchev–Trinajstić information content (AvgIpc) is 3.79. The van der Waals surface area contributed by atoms with Crippen molar-refractivity contribution in [3.63, 3.8) is 0 Å². The maximum absolute atomic E-state index is 9.00. The van der Waals surface area contributed by atoms with Crippen molar-refractivity contribution in [1.29, 1.82) is 5.41 Å². The number of aromatic nitrogens is 1. The molecule has 0 bridgehead atoms. The van der Waals surface area contributed by atoms with Crippen LogP contribution in [-0.2, 0) is 0 Å². The molecule has 0 aliphatic heterocycles. The van der Waals surface area contributed by atoms with E-state index in [1.54, 1.807) is 6.21 Å². The predicted octanol–water partition coefficient (Wildman–Crippen LogP) is 12.4. The summed E-state index contributed by atoms with van der Waals surface area (Å²) in [6.45, 7) is 0. The van der Waals surface area contributed by atoms with Gasteiger partial charge in [0, 0.05) is 44.6 Å². The lowest BCUT2D eigenvalue weighted by Crippen LogP contribution is -2.05. The van der Waals surface area contributed by atoms with Gasteiger partial charge in [-0.25, -0.2) is 9.98 Å². The van der Waals surface area contributed by atoms with Crippen molar-refractivity contribution >= 4 is 72.4 Å². The van der Waals surface area contributed by atoms with E-state index >= 15 is 0 Å². The smallest absolute Gasteiger partial charge is 0.165 e. The molecule has 254 valence electrons. The first-order valence-corrected chi connectivity index (χ1v) is 18.0. The van der Waals surface area contributed by atoms with Crippen LogP contribution in [0.5, 0.6) is 0 Å². The van der Waals surface area contributed by atoms with Crippen LogP contribution in [0.4, 0.5) is 0 Å². The highest BCUT2D eigenvalue weighted by molar-refractivity contribution is 6.27. The number of benzene rings is 8. The molecule has 5 nitrogen and oxygen atoms in total. The van der Waals surface area contributed by atoms with Crippen molar-refractivity contribution in [1.82, 2.24) is 4.57 Å². The zero-order chi connectivity index (χ0) is 36.0. The Bertz CT molecular complexity index is 3100. The minimum Gasteiger partial charge on any atom is -0.455 e. The lowest BCUT2D eigenvalue weighted by Gasteiger charge is -2.08. The predicted molar refractivity (Wildman–Crippen MR) is 225 cm³/mol. The fourth-order valence-corrected chi connectivity index (χ4v) is 7.64. The molecule has 0 radical (unpaired) electrons. The van der Waals surface area contributed by atoms with Gasteiger partial charge in [0.25, 0.3) is 0 Å². The summed E-state index contributed by atoms with van der Waals surface area (Å²) in [5, 5.41) is 15.5. The van der Waals surface area contributed by atoms with Crippen LogP contribution in [0.1, 0.15) is 16.7 Å². The minimum absolute atomic E-state index is 0.122. The normalized spacial score (nSPS) is 12.2. The summed E-state index contributed by atoms with van der Waals surface area (Å²) in [7, 11) is 0. The molecule has 10 aromatic rings. The molecule has 8 aromatic carbocycles. The zero-order valence-corrected chi connectivity index (χ0v) is 29.1. The molecule has 0 aliphatic carbocycles. The fraction of sp³-hybridized carbons (Fsp3) is 0. The third-order valence-electron chi connectivity index (χ3n) is 10.1. The monoisotopic (exact) mass is 692 g/mol. The van der Waals surface area contributed by atoms with Crippen LogP contribution in [-0.4, -0.2) is 22.5 Å². The summed E-state index contributed by atoms with van der Waals surface area (Å²) in [5.74, 6) is 0.524. The number of fused-ring (bicyclic) bond motifs is 8. The Hall–Kier alpha value is -7.37. The van der Waals surface area contributed by atoms with E-state index in [-0.39, 0.29) is 5.84 Å². The minimum atomic E-state index is 0.122. The molecule has 0 saturated carbocycles. The van der Waals surface area contributed by atoms with Gasteiger partial charge in [-0.1, -0.05) is 146 Å². The molecule has 0 atom stereocenters. The molecule has 0 amide bonds. The average molecular weight is 693 g/mol. The third-order valence-corrected chi connectivity index (χ3v) is 10.1. The number of aliphatic imine (C=N–C) groups is 2. The largest absolute Gasteiger partial charge is 0.455 e. The SMILES string of the molecule is N=C(N=C(N=Cc1ccccc1)c1cc2ccccc2c2c1oc1c(-c3ccc4c(c3)c3ccccc3n4-c3ccccc3)cccc12)c1ccccc1. The van der Waals surface area contributed by atoms with Crippen molar-refractivity contribution in [2.24, 2.45) is 9.98 Å². The molecule has 0 saturated heterocycles. The maximum atomic E-state index is 9.00. The molecular formula is C49H32N4O. The van der Waals surface area contributed by atoms with Crippen LogP contribution in [0, 0.1) is 5.41 Å². The summed E-state index contributed by atoms with van der Waals surface area (Å²) in [4.78, 5) is 9.82. The van der Waals surface area contributed by atoms with Crippen molar-refractivity contribution in [3.8, 4) is 16.8 Å². The highest BCUT2D eigenvalue weighted by Gasteiger charge is 2.21. The van der Waals surface area contributed by atoms with E-state index in [0.29, 0.717) is 17.0 Å². The lowest BCUT2D eigenvalue weighted by atomic mass is 9.97. The molecule has 10 rings (SSSR count). The molecule has 54 heavy (non-hydrogen) atoms. The van der Waals surface area contributed by atoms with Crippen LogP contribution >= 0.6 is 0 Å². The molecule has 0 unspecified atom stereocenters. The van der Waals surface area contributed by atoms with Gasteiger partial charge in [0.1, 0.15) is 11.2 Å². The van der Waals surface area contributed by atoms with E-state index < -0.39 is 0 Å². The van der Waals surface area contributed by atoms with E-state index in [1.165, 1.54) is 10.8 Å². The molecular weight excluding hydrogens is 661 g/mol. The number of hydrogen-bond donors (Lipinski definition) is 1. The highest BCUT2D eigenvalue weighted by Crippen LogP contribution is 2.42. The van der Waals surface area contributed by atoms with Gasteiger partial charge in [-0.05, 0) is 58.3 Å². The van der Waals surface area contributed by atoms with Crippen molar-refractivity contribution in [2.75, 3.05) is 0 Å². The first-order chi connectivity index (χ1) is 26.7. The van der Waals surface area contributed by atoms with E-state index in [0.717, 1.165) is 66.1 Å². The Balaban J connectivity index is 1.22. The fourth-order valence-electron chi connectivity index (χ4n) is 7.64. The number of furan rings is 1. The summed E-state index contributed by atoms with van der Waals surface area (Å²) < 4.78 is 9.37. The third kappa shape index (κ3) is 5.30. The first kappa shape index (κ1) is 31.4. The number of nitrogens with zero attached hydrogens (tertiary/aromatic N) is 3. The van der Waals surface area contributed by atoms with Gasteiger partial charge >= 0.3 is 0 Å². The highest BCUT2D eigenvalue weighted by atomic mass is 16.3. The van der Waals surface area contributed by atoms with E-state index in [9.17, 15) is 0 Å². The van der Waals surface area contributed by atoms with Gasteiger partial charge in [-0.3, -0.25) is 5.41 Å². The molecule has 0 fully saturated rings. The summed E-state index contributed by atoms with van der Waals surface area (Å²) in [6, 6.07) is 62.1. The first-order valence-electron chi connectivity index (χ1n) is 18.0. The molecule has 0 aliphatic rings. The quantitative estimate of drug-likeness (QED) is 0.142. The lowest BCUT2D eigenvalue weighted by molar-refractivity contribution is 0.669. The summed E-state index contributed by atoms with van der Waals surface area (Å²) in [6.07, 6.45) is 1.80. The van der Waals surface area contributed by atoms with Crippen LogP contribution in [0.15, 0.2) is 196 Å². The van der Waals surface area contributed by atoms with Crippen molar-refractivity contribution < 1.29 is 4.42 Å². The van der Waals surface area contributed by atoms with Gasteiger partial charge in [0.15, 0.2) is 11.7 Å². The van der Waals surface area contributed by atoms with E-state index in [1.807, 2.05) is 66.7 Å². The van der Waals surface area contributed by atoms with Gasteiger partial charge in [0.2, 0.25) is 0 Å². The van der Waals surface area contributed by atoms with E-state index in [4.69, 9.17) is 19.8 Å². The number of nitrogens with one attached hydrogen (secondary N) is 1. The van der Waals surface area contributed by atoms with E-state index in [2.05, 4.69) is 120 Å². The Kier molecular flexibility index (Phi) is 7.55. The number of para-hydroxylation sites is 3. The molecule has 5 heteroatoms. The van der Waals surface area contributed by atoms with Crippen LogP contribution in [0.3, 0.4) is 0 Å². The van der Waals surface area contributed by atoms with Crippen LogP contribution in [0.25, 0.3) is 71.3 Å². The second-order valence-electron chi connectivity index (χ2n) is 13.4. The Morgan fingerprint density at radius 1 is 0.556 bits per heavy atom. The Labute approximate surface area is 311 Å². The molecule has 0 spiro atoms. The van der Waals surface area contributed by atoms with Gasteiger partial charge in [0.05, 0.1) is 16.6 Å². The maximum Gasteiger partial charge on any atom is 0.165 e. The van der Waals surface area contributed by atoms with Crippen LogP contribution in [0.2, 0.25) is 0 Å². The summed E-state index contributed by atoms with van der Waals surface area (Å²) >= 11 is 0. The van der Waals surface area contributed by atoms with Gasteiger partial charge in [-0.2, -0.15) is 0 Å². The van der Waals surface area contributed by atoms with Gasteiger partial charge < -0.3 is 8.98 Å². The number of rotatable bonds is 5. The van der Waals surface area contributed by atoms with Crippen molar-refractivity contribution in [2.45, 2.75) is 0 Å². The molecule has 2 aromatic heterocycles. The van der Waals surface area contributed by atoms with Crippen LogP contribution < -0.4 is 0 Å². The zero-order valence-electron chi connectivity index (χ0n) is 29.1. The Morgan fingerprint density at radius 2 is 1.22 bits per heavy atom. The topological polar surface area (TPSA) is 66.6 Å². The second kappa shape index (κ2) is 13.0. The second-order valence-corrected chi connectivity index (χ2v) is 13.4. The Morgan fingerprint density at radius 3 is 2.04 bits per heavy atom. The van der Waals surface area contributed by atoms with Crippen molar-refractivity contribution in [3.05, 3.63) is 199 Å². The molecule has 1 N–H and O–H groups in total. The van der Waals surface area contributed by atoms with Gasteiger partial charge in [-0.15, -0.1) is 0 Å². The standard InChI is InChI=1S/C49H32N4O/c50-48(33-17-6-2-7-18-33)52-49(51-31-32-15-4-1-5-16-32)42-30-34-19-10-11-22-37(34)45-40-25-14-24-38(46(40)54-47(42)45)35-27-28-44-41(29-35)39-23-12-13-26-43(39)53(44)36-20-8-3-9-21-36/h1-31,50H. The number of hydrogen-bond acceptors (Lipinski definition) is 2. The number of amidine groups is 2.